The average Bonchev–Trinajstić information content (AvgIpc) is 2.48. The zero-order chi connectivity index (χ0) is 15.0. The first kappa shape index (κ1) is 16.4. The van der Waals surface area contributed by atoms with Crippen molar-refractivity contribution in [3.8, 4) is 11.4 Å². The molecule has 0 atom stereocenters. The summed E-state index contributed by atoms with van der Waals surface area (Å²) in [4.78, 5) is 11.9. The Morgan fingerprint density at radius 3 is 2.40 bits per heavy atom. The van der Waals surface area contributed by atoms with Crippen molar-refractivity contribution in [2.75, 3.05) is 11.9 Å². The molecule has 0 spiro atoms. The third-order valence-corrected chi connectivity index (χ3v) is 2.67. The molecule has 0 saturated carbocycles. The van der Waals surface area contributed by atoms with E-state index in [0.29, 0.717) is 23.4 Å². The van der Waals surface area contributed by atoms with E-state index in [9.17, 15) is 9.18 Å². The molecule has 0 radical (unpaired) electrons. The number of hydrogen-bond donors (Lipinski definition) is 0. The summed E-state index contributed by atoms with van der Waals surface area (Å²) in [6.45, 7) is 4.50. The van der Waals surface area contributed by atoms with Crippen LogP contribution in [0.1, 0.15) is 13.8 Å². The van der Waals surface area contributed by atoms with Crippen LogP contribution in [0.4, 0.5) is 4.39 Å². The van der Waals surface area contributed by atoms with E-state index in [1.165, 1.54) is 22.8 Å². The van der Waals surface area contributed by atoms with Gasteiger partial charge in [0.05, 0.1) is 6.61 Å². The largest absolute Gasteiger partial charge is 0.492 e. The lowest BCUT2D eigenvalue weighted by atomic mass is 10.3. The van der Waals surface area contributed by atoms with Crippen molar-refractivity contribution in [3.05, 3.63) is 58.8 Å². The fourth-order valence-electron chi connectivity index (χ4n) is 1.52. The first-order valence-corrected chi connectivity index (χ1v) is 7.50. The summed E-state index contributed by atoms with van der Waals surface area (Å²) >= 11 is 3.24. The van der Waals surface area contributed by atoms with Crippen LogP contribution < -0.4 is 10.3 Å². The van der Waals surface area contributed by atoms with Gasteiger partial charge < -0.3 is 4.74 Å². The Morgan fingerprint density at radius 1 is 1.20 bits per heavy atom. The third kappa shape index (κ3) is 4.49. The number of nitrogens with zero attached hydrogens (tertiary/aromatic N) is 1. The van der Waals surface area contributed by atoms with Crippen LogP contribution in [-0.4, -0.2) is 16.5 Å². The Balaban J connectivity index is 0.000000956. The number of pyridine rings is 1. The third-order valence-electron chi connectivity index (χ3n) is 2.34. The standard InChI is InChI=1S/C13H11BrFNO2.C2H6/c14-6-8-18-12-5-7-16(13(17)9-12)11-3-1-10(15)2-4-11;1-2/h1-5,7,9H,6,8H2;1-2H3. The van der Waals surface area contributed by atoms with E-state index in [2.05, 4.69) is 15.9 Å². The highest BCUT2D eigenvalue weighted by molar-refractivity contribution is 9.09. The van der Waals surface area contributed by atoms with Crippen LogP contribution in [0.5, 0.6) is 5.75 Å². The molecule has 5 heteroatoms. The highest BCUT2D eigenvalue weighted by Crippen LogP contribution is 2.10. The normalized spacial score (nSPS) is 9.60. The smallest absolute Gasteiger partial charge is 0.258 e. The van der Waals surface area contributed by atoms with Crippen molar-refractivity contribution in [1.82, 2.24) is 4.57 Å². The molecule has 1 aromatic carbocycles. The molecule has 0 bridgehead atoms. The van der Waals surface area contributed by atoms with Gasteiger partial charge in [0.1, 0.15) is 11.6 Å². The van der Waals surface area contributed by atoms with E-state index in [4.69, 9.17) is 4.74 Å². The summed E-state index contributed by atoms with van der Waals surface area (Å²) in [5.74, 6) is 0.196. The maximum absolute atomic E-state index is 12.8. The molecule has 0 aliphatic rings. The molecule has 0 unspecified atom stereocenters. The Bertz CT molecular complexity index is 581. The quantitative estimate of drug-likeness (QED) is 0.792. The van der Waals surface area contributed by atoms with E-state index < -0.39 is 0 Å². The van der Waals surface area contributed by atoms with Crippen LogP contribution in [0, 0.1) is 5.82 Å². The van der Waals surface area contributed by atoms with Crippen LogP contribution in [0.15, 0.2) is 47.4 Å². The van der Waals surface area contributed by atoms with Gasteiger partial charge in [-0.3, -0.25) is 9.36 Å². The van der Waals surface area contributed by atoms with E-state index in [-0.39, 0.29) is 11.4 Å². The SMILES string of the molecule is CC.O=c1cc(OCCBr)ccn1-c1ccc(F)cc1. The second-order valence-electron chi connectivity index (χ2n) is 3.58. The molecule has 2 aromatic rings. The first-order chi connectivity index (χ1) is 9.70. The molecule has 0 aliphatic heterocycles. The van der Waals surface area contributed by atoms with E-state index in [1.807, 2.05) is 13.8 Å². The summed E-state index contributed by atoms with van der Waals surface area (Å²) in [7, 11) is 0. The van der Waals surface area contributed by atoms with E-state index in [1.54, 1.807) is 24.4 Å². The summed E-state index contributed by atoms with van der Waals surface area (Å²) in [5, 5.41) is 0.702. The van der Waals surface area contributed by atoms with Crippen LogP contribution in [0.3, 0.4) is 0 Å². The fraction of sp³-hybridized carbons (Fsp3) is 0.267. The number of rotatable bonds is 4. The van der Waals surface area contributed by atoms with Gasteiger partial charge in [0, 0.05) is 23.3 Å². The number of hydrogen-bond acceptors (Lipinski definition) is 2. The summed E-state index contributed by atoms with van der Waals surface area (Å²) in [6.07, 6.45) is 1.61. The minimum Gasteiger partial charge on any atom is -0.492 e. The monoisotopic (exact) mass is 341 g/mol. The maximum Gasteiger partial charge on any atom is 0.258 e. The zero-order valence-electron chi connectivity index (χ0n) is 11.5. The predicted octanol–water partition coefficient (Wildman–Crippen LogP) is 3.78. The van der Waals surface area contributed by atoms with Crippen LogP contribution in [-0.2, 0) is 0 Å². The minimum atomic E-state index is -0.330. The lowest BCUT2D eigenvalue weighted by Crippen LogP contribution is -2.16. The second kappa shape index (κ2) is 8.53. The molecule has 0 aliphatic carbocycles. The molecule has 3 nitrogen and oxygen atoms in total. The van der Waals surface area contributed by atoms with Crippen molar-refractivity contribution in [2.45, 2.75) is 13.8 Å². The van der Waals surface area contributed by atoms with Gasteiger partial charge in [0.25, 0.3) is 5.56 Å². The number of halogens is 2. The average molecular weight is 342 g/mol. The Labute approximate surface area is 126 Å². The maximum atomic E-state index is 12.8. The predicted molar refractivity (Wildman–Crippen MR) is 82.6 cm³/mol. The molecule has 0 saturated heterocycles. The second-order valence-corrected chi connectivity index (χ2v) is 4.38. The Hall–Kier alpha value is -1.62. The van der Waals surface area contributed by atoms with Crippen LogP contribution in [0.2, 0.25) is 0 Å². The Morgan fingerprint density at radius 2 is 1.85 bits per heavy atom. The van der Waals surface area contributed by atoms with E-state index >= 15 is 0 Å². The van der Waals surface area contributed by atoms with Gasteiger partial charge >= 0.3 is 0 Å². The van der Waals surface area contributed by atoms with Gasteiger partial charge in [-0.15, -0.1) is 0 Å². The Kier molecular flexibility index (Phi) is 7.01. The molecular formula is C15H17BrFNO2. The summed E-state index contributed by atoms with van der Waals surface area (Å²) < 4.78 is 19.6. The molecule has 0 fully saturated rings. The molecule has 20 heavy (non-hydrogen) atoms. The molecule has 2 rings (SSSR count). The molecule has 0 N–H and O–H groups in total. The van der Waals surface area contributed by atoms with Crippen molar-refractivity contribution >= 4 is 15.9 Å². The molecule has 1 heterocycles. The van der Waals surface area contributed by atoms with Gasteiger partial charge in [-0.2, -0.15) is 0 Å². The van der Waals surface area contributed by atoms with Crippen LogP contribution >= 0.6 is 15.9 Å². The highest BCUT2D eigenvalue weighted by Gasteiger charge is 2.02. The lowest BCUT2D eigenvalue weighted by molar-refractivity contribution is 0.344. The van der Waals surface area contributed by atoms with Crippen molar-refractivity contribution in [3.63, 3.8) is 0 Å². The summed E-state index contributed by atoms with van der Waals surface area (Å²) in [5.41, 5.74) is 0.405. The fourth-order valence-corrected chi connectivity index (χ4v) is 1.68. The number of ether oxygens (including phenoxy) is 1. The van der Waals surface area contributed by atoms with Gasteiger partial charge in [-0.25, -0.2) is 4.39 Å². The minimum absolute atomic E-state index is 0.214. The molecule has 108 valence electrons. The number of aromatic nitrogens is 1. The first-order valence-electron chi connectivity index (χ1n) is 6.38. The van der Waals surface area contributed by atoms with Crippen molar-refractivity contribution < 1.29 is 9.13 Å². The van der Waals surface area contributed by atoms with Crippen molar-refractivity contribution in [2.24, 2.45) is 0 Å². The molecular weight excluding hydrogens is 325 g/mol. The topological polar surface area (TPSA) is 31.2 Å². The van der Waals surface area contributed by atoms with Gasteiger partial charge in [-0.1, -0.05) is 29.8 Å². The zero-order valence-corrected chi connectivity index (χ0v) is 13.1. The highest BCUT2D eigenvalue weighted by atomic mass is 79.9. The summed E-state index contributed by atoms with van der Waals surface area (Å²) in [6, 6.07) is 8.85. The van der Waals surface area contributed by atoms with Gasteiger partial charge in [0.15, 0.2) is 0 Å². The molecule has 0 amide bonds. The van der Waals surface area contributed by atoms with Gasteiger partial charge in [0.2, 0.25) is 0 Å². The van der Waals surface area contributed by atoms with Gasteiger partial charge in [-0.05, 0) is 30.3 Å². The lowest BCUT2D eigenvalue weighted by Gasteiger charge is -2.07. The number of alkyl halides is 1. The van der Waals surface area contributed by atoms with Crippen molar-refractivity contribution in [1.29, 1.82) is 0 Å². The van der Waals surface area contributed by atoms with E-state index in [0.717, 1.165) is 0 Å². The number of benzene rings is 1. The molecule has 1 aromatic heterocycles. The van der Waals surface area contributed by atoms with Crippen LogP contribution in [0.25, 0.3) is 5.69 Å².